The molecule has 0 aliphatic rings. The third-order valence-electron chi connectivity index (χ3n) is 0.330. The van der Waals surface area contributed by atoms with Gasteiger partial charge in [0.25, 0.3) is 0 Å². The summed E-state index contributed by atoms with van der Waals surface area (Å²) < 4.78 is 13.3. The molecule has 10 heavy (non-hydrogen) atoms. The molecule has 0 aliphatic heterocycles. The molecular weight excluding hydrogens is 206 g/mol. The smallest absolute Gasteiger partial charge is 0.370 e. The van der Waals surface area contributed by atoms with E-state index in [1.54, 1.807) is 0 Å². The number of hydrogen-bond donors (Lipinski definition) is 2. The Hall–Kier alpha value is 0.200. The van der Waals surface area contributed by atoms with Crippen LogP contribution in [0.3, 0.4) is 0 Å². The number of phosphoric ester groups is 1. The molecular formula is C2H5Cl2O5P. The maximum Gasteiger partial charge on any atom is 0.527 e. The van der Waals surface area contributed by atoms with Crippen LogP contribution in [0.15, 0.2) is 0 Å². The lowest BCUT2D eigenvalue weighted by Gasteiger charge is -2.00. The zero-order valence-electron chi connectivity index (χ0n) is 4.56. The molecule has 0 aliphatic carbocycles. The van der Waals surface area contributed by atoms with Gasteiger partial charge in [-0.1, -0.05) is 0 Å². The van der Waals surface area contributed by atoms with Crippen molar-refractivity contribution >= 4 is 37.8 Å². The summed E-state index contributed by atoms with van der Waals surface area (Å²) in [4.78, 5) is 25.8. The number of hydrogen-bond acceptors (Lipinski definition) is 3. The van der Waals surface area contributed by atoms with E-state index < -0.39 is 19.7 Å². The number of carbonyl (C=O) groups excluding carboxylic acids is 1. The van der Waals surface area contributed by atoms with Crippen LogP contribution in [0.2, 0.25) is 0 Å². The number of alkyl halides is 1. The van der Waals surface area contributed by atoms with E-state index in [0.29, 0.717) is 0 Å². The van der Waals surface area contributed by atoms with E-state index in [2.05, 4.69) is 4.52 Å². The average Bonchev–Trinajstić information content (AvgIpc) is 1.62. The van der Waals surface area contributed by atoms with Crippen molar-refractivity contribution in [1.29, 1.82) is 0 Å². The fraction of sp³-hybridized carbons (Fsp3) is 0.500. The van der Waals surface area contributed by atoms with Crippen molar-refractivity contribution in [2.24, 2.45) is 0 Å². The highest BCUT2D eigenvalue weighted by Crippen LogP contribution is 2.35. The Morgan fingerprint density at radius 2 is 2.00 bits per heavy atom. The second-order valence-electron chi connectivity index (χ2n) is 1.09. The Balaban J connectivity index is 0. The molecule has 62 valence electrons. The molecule has 0 bridgehead atoms. The average molecular weight is 211 g/mol. The van der Waals surface area contributed by atoms with Gasteiger partial charge in [-0.25, -0.2) is 4.57 Å². The molecule has 0 aromatic heterocycles. The molecule has 0 spiro atoms. The molecule has 0 unspecified atom stereocenters. The molecule has 0 saturated heterocycles. The molecule has 0 amide bonds. The highest BCUT2D eigenvalue weighted by Gasteiger charge is 2.18. The topological polar surface area (TPSA) is 83.8 Å². The molecule has 0 heterocycles. The molecule has 0 rings (SSSR count). The molecule has 8 heteroatoms. The molecule has 5 nitrogen and oxygen atoms in total. The predicted octanol–water partition coefficient (Wildman–Crippen LogP) is 0.283. The SMILES string of the molecule is Cl.O=C(CCl)OP(=O)(O)O. The number of phosphoric acid groups is 1. The van der Waals surface area contributed by atoms with Crippen molar-refractivity contribution in [3.63, 3.8) is 0 Å². The Morgan fingerprint density at radius 3 is 2.10 bits per heavy atom. The Kier molecular flexibility index (Phi) is 6.33. The van der Waals surface area contributed by atoms with E-state index in [1.807, 2.05) is 0 Å². The minimum Gasteiger partial charge on any atom is -0.370 e. The lowest BCUT2D eigenvalue weighted by atomic mass is 10.8. The second kappa shape index (κ2) is 4.93. The van der Waals surface area contributed by atoms with Crippen LogP contribution in [-0.2, 0) is 13.9 Å². The Bertz CT molecular complexity index is 152. The van der Waals surface area contributed by atoms with Gasteiger partial charge in [-0.15, -0.1) is 24.0 Å². The monoisotopic (exact) mass is 210 g/mol. The van der Waals surface area contributed by atoms with Crippen LogP contribution in [-0.4, -0.2) is 21.6 Å². The molecule has 0 aromatic rings. The molecule has 2 N–H and O–H groups in total. The van der Waals surface area contributed by atoms with Crippen molar-refractivity contribution < 1.29 is 23.7 Å². The van der Waals surface area contributed by atoms with Gasteiger partial charge in [0.15, 0.2) is 0 Å². The van der Waals surface area contributed by atoms with E-state index in [-0.39, 0.29) is 12.4 Å². The molecule has 0 radical (unpaired) electrons. The molecule has 0 atom stereocenters. The normalized spacial score (nSPS) is 9.90. The summed E-state index contributed by atoms with van der Waals surface area (Å²) in [5.41, 5.74) is 0. The van der Waals surface area contributed by atoms with E-state index in [4.69, 9.17) is 21.4 Å². The summed E-state index contributed by atoms with van der Waals surface area (Å²) in [6.45, 7) is 0. The van der Waals surface area contributed by atoms with Gasteiger partial charge in [-0.3, -0.25) is 14.6 Å². The number of halogens is 2. The highest BCUT2D eigenvalue weighted by molar-refractivity contribution is 7.46. The highest BCUT2D eigenvalue weighted by atomic mass is 35.5. The van der Waals surface area contributed by atoms with E-state index >= 15 is 0 Å². The van der Waals surface area contributed by atoms with Gasteiger partial charge in [-0.2, -0.15) is 0 Å². The lowest BCUT2D eigenvalue weighted by Crippen LogP contribution is -2.02. The first-order valence-electron chi connectivity index (χ1n) is 1.79. The fourth-order valence-electron chi connectivity index (χ4n) is 0.157. The van der Waals surface area contributed by atoms with Gasteiger partial charge >= 0.3 is 13.8 Å². The van der Waals surface area contributed by atoms with Crippen LogP contribution in [0.25, 0.3) is 0 Å². The van der Waals surface area contributed by atoms with Crippen LogP contribution in [0.1, 0.15) is 0 Å². The van der Waals surface area contributed by atoms with Crippen LogP contribution in [0, 0.1) is 0 Å². The van der Waals surface area contributed by atoms with Crippen LogP contribution >= 0.6 is 31.8 Å². The minimum absolute atomic E-state index is 0. The summed E-state index contributed by atoms with van der Waals surface area (Å²) in [5.74, 6) is -1.70. The van der Waals surface area contributed by atoms with Crippen molar-refractivity contribution in [2.45, 2.75) is 0 Å². The zero-order valence-corrected chi connectivity index (χ0v) is 7.03. The van der Waals surface area contributed by atoms with Gasteiger partial charge in [-0.05, 0) is 0 Å². The van der Waals surface area contributed by atoms with Crippen LogP contribution < -0.4 is 0 Å². The molecule has 0 fully saturated rings. The summed E-state index contributed by atoms with van der Waals surface area (Å²) in [6, 6.07) is 0. The third-order valence-corrected chi connectivity index (χ3v) is 0.990. The number of carbonyl (C=O) groups is 1. The summed E-state index contributed by atoms with van der Waals surface area (Å²) in [5, 5.41) is 0. The minimum atomic E-state index is -4.67. The number of rotatable bonds is 2. The van der Waals surface area contributed by atoms with E-state index in [0.717, 1.165) is 0 Å². The van der Waals surface area contributed by atoms with E-state index in [1.165, 1.54) is 0 Å². The third kappa shape index (κ3) is 8.20. The largest absolute Gasteiger partial charge is 0.527 e. The molecule has 0 aromatic carbocycles. The maximum absolute atomic E-state index is 9.98. The first-order valence-corrected chi connectivity index (χ1v) is 3.86. The van der Waals surface area contributed by atoms with Gasteiger partial charge in [0, 0.05) is 0 Å². The van der Waals surface area contributed by atoms with Gasteiger partial charge < -0.3 is 4.52 Å². The first-order chi connectivity index (χ1) is 3.95. The second-order valence-corrected chi connectivity index (χ2v) is 2.52. The van der Waals surface area contributed by atoms with Crippen LogP contribution in [0.5, 0.6) is 0 Å². The zero-order chi connectivity index (χ0) is 7.49. The van der Waals surface area contributed by atoms with Gasteiger partial charge in [0.05, 0.1) is 0 Å². The quantitative estimate of drug-likeness (QED) is 0.506. The Morgan fingerprint density at radius 1 is 1.60 bits per heavy atom. The lowest BCUT2D eigenvalue weighted by molar-refractivity contribution is -0.132. The standard InChI is InChI=1S/C2H4ClO5P.ClH/c3-1-2(4)8-9(5,6)7;/h1H2,(H2,5,6,7);1H. The summed E-state index contributed by atoms with van der Waals surface area (Å²) >= 11 is 4.84. The van der Waals surface area contributed by atoms with Crippen molar-refractivity contribution in [3.05, 3.63) is 0 Å². The summed E-state index contributed by atoms with van der Waals surface area (Å²) in [7, 11) is -4.67. The predicted molar refractivity (Wildman–Crippen MR) is 36.1 cm³/mol. The van der Waals surface area contributed by atoms with E-state index in [9.17, 15) is 9.36 Å². The van der Waals surface area contributed by atoms with Crippen molar-refractivity contribution in [2.75, 3.05) is 5.88 Å². The fourth-order valence-corrected chi connectivity index (χ4v) is 0.617. The Labute approximate surface area is 68.0 Å². The summed E-state index contributed by atoms with van der Waals surface area (Å²) in [6.07, 6.45) is 0. The maximum atomic E-state index is 9.98. The van der Waals surface area contributed by atoms with Crippen molar-refractivity contribution in [3.8, 4) is 0 Å². The van der Waals surface area contributed by atoms with Crippen molar-refractivity contribution in [1.82, 2.24) is 0 Å². The molecule has 0 saturated carbocycles. The van der Waals surface area contributed by atoms with Gasteiger partial charge in [0.1, 0.15) is 5.88 Å². The van der Waals surface area contributed by atoms with Gasteiger partial charge in [0.2, 0.25) is 0 Å². The van der Waals surface area contributed by atoms with Crippen LogP contribution in [0.4, 0.5) is 0 Å². The first kappa shape index (κ1) is 12.8.